The van der Waals surface area contributed by atoms with Gasteiger partial charge in [0.2, 0.25) is 0 Å². The van der Waals surface area contributed by atoms with Gasteiger partial charge in [-0.05, 0) is 71.3 Å². The lowest BCUT2D eigenvalue weighted by Crippen LogP contribution is -2.24. The maximum Gasteiger partial charge on any atom is 0.336 e. The van der Waals surface area contributed by atoms with Crippen LogP contribution in [-0.2, 0) is 16.2 Å². The van der Waals surface area contributed by atoms with Crippen molar-refractivity contribution in [1.82, 2.24) is 5.43 Å². The molecule has 0 spiro atoms. The van der Waals surface area contributed by atoms with Crippen molar-refractivity contribution in [3.63, 3.8) is 0 Å². The Hall–Kier alpha value is -5.17. The second kappa shape index (κ2) is 13.8. The molecular formula is C31H26N2O5. The standard InChI is InChI=1S/C31H26N2O5/c34-30(23-37-28-18-16-27(17-19-28)36-22-26-9-5-2-6-10-26)33-32-21-25-11-14-29(15-12-25)38-31(35)20-13-24-7-3-1-4-8-24/h1-21H,22-23H2,(H,33,34). The van der Waals surface area contributed by atoms with Gasteiger partial charge in [-0.15, -0.1) is 0 Å². The van der Waals surface area contributed by atoms with Crippen LogP contribution in [0.5, 0.6) is 17.2 Å². The lowest BCUT2D eigenvalue weighted by atomic mass is 10.2. The van der Waals surface area contributed by atoms with E-state index in [1.54, 1.807) is 54.6 Å². The van der Waals surface area contributed by atoms with Gasteiger partial charge in [0, 0.05) is 6.08 Å². The number of esters is 1. The highest BCUT2D eigenvalue weighted by atomic mass is 16.5. The first kappa shape index (κ1) is 25.9. The summed E-state index contributed by atoms with van der Waals surface area (Å²) in [6, 6.07) is 33.1. The molecule has 0 radical (unpaired) electrons. The molecule has 0 aliphatic heterocycles. The van der Waals surface area contributed by atoms with Crippen molar-refractivity contribution in [3.05, 3.63) is 132 Å². The smallest absolute Gasteiger partial charge is 0.336 e. The van der Waals surface area contributed by atoms with Gasteiger partial charge in [-0.1, -0.05) is 60.7 Å². The fraction of sp³-hybridized carbons (Fsp3) is 0.0645. The van der Waals surface area contributed by atoms with E-state index < -0.39 is 11.9 Å². The van der Waals surface area contributed by atoms with Crippen molar-refractivity contribution in [2.75, 3.05) is 6.61 Å². The molecule has 0 saturated heterocycles. The molecular weight excluding hydrogens is 480 g/mol. The Kier molecular flexibility index (Phi) is 9.41. The SMILES string of the molecule is O=C(COc1ccc(OCc2ccccc2)cc1)NN=Cc1ccc(OC(=O)C=Cc2ccccc2)cc1. The fourth-order valence-electron chi connectivity index (χ4n) is 3.23. The van der Waals surface area contributed by atoms with Gasteiger partial charge in [0.1, 0.15) is 23.9 Å². The van der Waals surface area contributed by atoms with E-state index in [0.717, 1.165) is 16.7 Å². The number of nitrogens with one attached hydrogen (secondary N) is 1. The van der Waals surface area contributed by atoms with Gasteiger partial charge in [-0.3, -0.25) is 4.79 Å². The zero-order valence-electron chi connectivity index (χ0n) is 20.5. The number of carbonyl (C=O) groups excluding carboxylic acids is 2. The molecule has 0 aliphatic rings. The molecule has 0 aliphatic carbocycles. The van der Waals surface area contributed by atoms with E-state index in [0.29, 0.717) is 23.9 Å². The predicted octanol–water partition coefficient (Wildman–Crippen LogP) is 5.41. The quantitative estimate of drug-likeness (QED) is 0.0966. The Balaban J connectivity index is 1.15. The minimum Gasteiger partial charge on any atom is -0.489 e. The highest BCUT2D eigenvalue weighted by Gasteiger charge is 2.03. The molecule has 0 unspecified atom stereocenters. The first-order chi connectivity index (χ1) is 18.6. The third kappa shape index (κ3) is 8.80. The highest BCUT2D eigenvalue weighted by molar-refractivity contribution is 5.89. The van der Waals surface area contributed by atoms with Gasteiger partial charge in [0.25, 0.3) is 5.91 Å². The molecule has 38 heavy (non-hydrogen) atoms. The van der Waals surface area contributed by atoms with Gasteiger partial charge in [0.15, 0.2) is 6.61 Å². The second-order valence-electron chi connectivity index (χ2n) is 8.06. The summed E-state index contributed by atoms with van der Waals surface area (Å²) in [5.74, 6) is 0.775. The number of carbonyl (C=O) groups is 2. The third-order valence-electron chi connectivity index (χ3n) is 5.15. The van der Waals surface area contributed by atoms with Crippen LogP contribution in [0.3, 0.4) is 0 Å². The Morgan fingerprint density at radius 2 is 1.29 bits per heavy atom. The number of ether oxygens (including phenoxy) is 3. The van der Waals surface area contributed by atoms with Gasteiger partial charge in [-0.2, -0.15) is 5.10 Å². The summed E-state index contributed by atoms with van der Waals surface area (Å²) in [5.41, 5.74) is 5.12. The van der Waals surface area contributed by atoms with Crippen molar-refractivity contribution >= 4 is 24.2 Å². The maximum absolute atomic E-state index is 12.0. The van der Waals surface area contributed by atoms with Crippen molar-refractivity contribution in [2.45, 2.75) is 6.61 Å². The van der Waals surface area contributed by atoms with Crippen molar-refractivity contribution in [3.8, 4) is 17.2 Å². The predicted molar refractivity (Wildman–Crippen MR) is 146 cm³/mol. The van der Waals surface area contributed by atoms with E-state index >= 15 is 0 Å². The number of nitrogens with zero attached hydrogens (tertiary/aromatic N) is 1. The molecule has 4 aromatic carbocycles. The summed E-state index contributed by atoms with van der Waals surface area (Å²) in [7, 11) is 0. The molecule has 0 atom stereocenters. The van der Waals surface area contributed by atoms with E-state index in [2.05, 4.69) is 10.5 Å². The highest BCUT2D eigenvalue weighted by Crippen LogP contribution is 2.18. The molecule has 0 bridgehead atoms. The number of benzene rings is 4. The van der Waals surface area contributed by atoms with Gasteiger partial charge in [-0.25, -0.2) is 10.2 Å². The average Bonchev–Trinajstić information content (AvgIpc) is 2.96. The Labute approximate surface area is 221 Å². The zero-order valence-corrected chi connectivity index (χ0v) is 20.5. The molecule has 4 aromatic rings. The average molecular weight is 507 g/mol. The van der Waals surface area contributed by atoms with Crippen LogP contribution >= 0.6 is 0 Å². The molecule has 0 fully saturated rings. The van der Waals surface area contributed by atoms with Crippen LogP contribution in [0.2, 0.25) is 0 Å². The van der Waals surface area contributed by atoms with Crippen LogP contribution < -0.4 is 19.6 Å². The second-order valence-corrected chi connectivity index (χ2v) is 8.06. The fourth-order valence-corrected chi connectivity index (χ4v) is 3.23. The Morgan fingerprint density at radius 1 is 0.684 bits per heavy atom. The molecule has 7 heteroatoms. The van der Waals surface area contributed by atoms with Crippen molar-refractivity contribution in [1.29, 1.82) is 0 Å². The number of amides is 1. The number of hydrogen-bond acceptors (Lipinski definition) is 6. The monoisotopic (exact) mass is 506 g/mol. The van der Waals surface area contributed by atoms with Crippen molar-refractivity contribution in [2.24, 2.45) is 5.10 Å². The summed E-state index contributed by atoms with van der Waals surface area (Å²) in [4.78, 5) is 24.0. The van der Waals surface area contributed by atoms with Crippen LogP contribution in [0.1, 0.15) is 16.7 Å². The molecule has 1 amide bonds. The molecule has 4 rings (SSSR count). The van der Waals surface area contributed by atoms with E-state index in [9.17, 15) is 9.59 Å². The van der Waals surface area contributed by atoms with Gasteiger partial charge in [0.05, 0.1) is 6.21 Å². The first-order valence-corrected chi connectivity index (χ1v) is 11.9. The molecule has 190 valence electrons. The topological polar surface area (TPSA) is 86.2 Å². The van der Waals surface area contributed by atoms with Gasteiger partial charge >= 0.3 is 5.97 Å². The Morgan fingerprint density at radius 3 is 1.97 bits per heavy atom. The number of rotatable bonds is 11. The molecule has 0 aromatic heterocycles. The normalized spacial score (nSPS) is 10.8. The van der Waals surface area contributed by atoms with Crippen LogP contribution in [-0.4, -0.2) is 24.7 Å². The largest absolute Gasteiger partial charge is 0.489 e. The maximum atomic E-state index is 12.0. The first-order valence-electron chi connectivity index (χ1n) is 11.9. The summed E-state index contributed by atoms with van der Waals surface area (Å²) in [6.07, 6.45) is 4.54. The van der Waals surface area contributed by atoms with Crippen molar-refractivity contribution < 1.29 is 23.8 Å². The molecule has 7 nitrogen and oxygen atoms in total. The van der Waals surface area contributed by atoms with Crippen LogP contribution in [0.15, 0.2) is 120 Å². The van der Waals surface area contributed by atoms with E-state index in [-0.39, 0.29) is 6.61 Å². The summed E-state index contributed by atoms with van der Waals surface area (Å²) < 4.78 is 16.5. The molecule has 1 N–H and O–H groups in total. The minimum atomic E-state index is -0.475. The van der Waals surface area contributed by atoms with Crippen LogP contribution in [0, 0.1) is 0 Å². The third-order valence-corrected chi connectivity index (χ3v) is 5.15. The lowest BCUT2D eigenvalue weighted by molar-refractivity contribution is -0.129. The summed E-state index contributed by atoms with van der Waals surface area (Å²) >= 11 is 0. The van der Waals surface area contributed by atoms with Gasteiger partial charge < -0.3 is 14.2 Å². The summed E-state index contributed by atoms with van der Waals surface area (Å²) in [6.45, 7) is 0.286. The van der Waals surface area contributed by atoms with E-state index in [1.165, 1.54) is 12.3 Å². The van der Waals surface area contributed by atoms with E-state index in [4.69, 9.17) is 14.2 Å². The number of hydrazone groups is 1. The Bertz CT molecular complexity index is 1370. The van der Waals surface area contributed by atoms with E-state index in [1.807, 2.05) is 60.7 Å². The minimum absolute atomic E-state index is 0.188. The lowest BCUT2D eigenvalue weighted by Gasteiger charge is -2.08. The number of hydrogen-bond donors (Lipinski definition) is 1. The summed E-state index contributed by atoms with van der Waals surface area (Å²) in [5, 5.41) is 3.93. The molecule has 0 saturated carbocycles. The zero-order chi connectivity index (χ0) is 26.4. The van der Waals surface area contributed by atoms with Crippen LogP contribution in [0.25, 0.3) is 6.08 Å². The van der Waals surface area contributed by atoms with Crippen LogP contribution in [0.4, 0.5) is 0 Å². The molecule has 0 heterocycles.